The number of hydrogen-bond acceptors (Lipinski definition) is 5. The van der Waals surface area contributed by atoms with Crippen molar-refractivity contribution in [1.82, 2.24) is 10.2 Å². The summed E-state index contributed by atoms with van der Waals surface area (Å²) in [6.07, 6.45) is 3.32. The maximum Gasteiger partial charge on any atom is 0.305 e. The highest BCUT2D eigenvalue weighted by atomic mass is 16.5. The van der Waals surface area contributed by atoms with Gasteiger partial charge in [0.1, 0.15) is 5.75 Å². The molecule has 0 radical (unpaired) electrons. The highest BCUT2D eigenvalue weighted by Crippen LogP contribution is 2.14. The first-order chi connectivity index (χ1) is 11.8. The first kappa shape index (κ1) is 18.7. The fraction of sp³-hybridized carbons (Fsp3) is 0.632. The lowest BCUT2D eigenvalue weighted by atomic mass is 10.2. The number of rotatable bonds is 10. The molecule has 5 nitrogen and oxygen atoms in total. The van der Waals surface area contributed by atoms with E-state index in [9.17, 15) is 4.79 Å². The van der Waals surface area contributed by atoms with Crippen LogP contribution >= 0.6 is 0 Å². The molecule has 1 aromatic carbocycles. The van der Waals surface area contributed by atoms with Crippen molar-refractivity contribution in [3.8, 4) is 5.75 Å². The van der Waals surface area contributed by atoms with Gasteiger partial charge >= 0.3 is 5.97 Å². The minimum atomic E-state index is -0.0986. The van der Waals surface area contributed by atoms with Crippen molar-refractivity contribution in [3.63, 3.8) is 0 Å². The van der Waals surface area contributed by atoms with Gasteiger partial charge in [-0.1, -0.05) is 12.1 Å². The third-order valence-corrected chi connectivity index (χ3v) is 4.14. The SMILES string of the molecule is CCOC(=O)CCCCCOc1ccc(CN2CCNCC2)cc1. The minimum Gasteiger partial charge on any atom is -0.494 e. The van der Waals surface area contributed by atoms with Crippen LogP contribution in [0.3, 0.4) is 0 Å². The van der Waals surface area contributed by atoms with Gasteiger partial charge in [-0.3, -0.25) is 9.69 Å². The average Bonchev–Trinajstić information content (AvgIpc) is 2.60. The van der Waals surface area contributed by atoms with Crippen molar-refractivity contribution in [3.05, 3.63) is 29.8 Å². The van der Waals surface area contributed by atoms with Gasteiger partial charge < -0.3 is 14.8 Å². The fourth-order valence-corrected chi connectivity index (χ4v) is 2.79. The van der Waals surface area contributed by atoms with E-state index < -0.39 is 0 Å². The van der Waals surface area contributed by atoms with Gasteiger partial charge in [0, 0.05) is 39.1 Å². The summed E-state index contributed by atoms with van der Waals surface area (Å²) in [5, 5.41) is 3.37. The molecule has 0 spiro atoms. The molecule has 0 amide bonds. The van der Waals surface area contributed by atoms with Crippen LogP contribution in [0.25, 0.3) is 0 Å². The number of unbranched alkanes of at least 4 members (excludes halogenated alkanes) is 2. The number of carbonyl (C=O) groups excluding carboxylic acids is 1. The van der Waals surface area contributed by atoms with Gasteiger partial charge in [-0.05, 0) is 43.9 Å². The predicted molar refractivity (Wildman–Crippen MR) is 95.2 cm³/mol. The summed E-state index contributed by atoms with van der Waals surface area (Å²) in [5.41, 5.74) is 1.33. The number of nitrogens with one attached hydrogen (secondary N) is 1. The molecule has 0 bridgehead atoms. The largest absolute Gasteiger partial charge is 0.494 e. The quantitative estimate of drug-likeness (QED) is 0.526. The van der Waals surface area contributed by atoms with Crippen LogP contribution in [-0.4, -0.2) is 50.3 Å². The van der Waals surface area contributed by atoms with Crippen LogP contribution in [0.5, 0.6) is 5.75 Å². The lowest BCUT2D eigenvalue weighted by molar-refractivity contribution is -0.143. The maximum absolute atomic E-state index is 11.2. The zero-order chi connectivity index (χ0) is 17.0. The van der Waals surface area contributed by atoms with Crippen molar-refractivity contribution in [2.75, 3.05) is 39.4 Å². The van der Waals surface area contributed by atoms with Crippen LogP contribution in [0, 0.1) is 0 Å². The molecule has 1 aliphatic heterocycles. The highest BCUT2D eigenvalue weighted by Gasteiger charge is 2.09. The molecule has 1 aromatic rings. The zero-order valence-electron chi connectivity index (χ0n) is 14.8. The smallest absolute Gasteiger partial charge is 0.305 e. The standard InChI is InChI=1S/C19H30N2O3/c1-2-23-19(22)6-4-3-5-15-24-18-9-7-17(8-10-18)16-21-13-11-20-12-14-21/h7-10,20H,2-6,11-16H2,1H3. The first-order valence-electron chi connectivity index (χ1n) is 9.08. The molecule has 1 fully saturated rings. The Kier molecular flexibility index (Phi) is 8.63. The van der Waals surface area contributed by atoms with Gasteiger partial charge in [0.15, 0.2) is 0 Å². The van der Waals surface area contributed by atoms with Crippen molar-refractivity contribution in [2.45, 2.75) is 39.2 Å². The molecule has 1 N–H and O–H groups in total. The maximum atomic E-state index is 11.2. The van der Waals surface area contributed by atoms with Gasteiger partial charge in [-0.25, -0.2) is 0 Å². The van der Waals surface area contributed by atoms with E-state index in [1.807, 2.05) is 6.92 Å². The summed E-state index contributed by atoms with van der Waals surface area (Å²) < 4.78 is 10.7. The number of ether oxygens (including phenoxy) is 2. The summed E-state index contributed by atoms with van der Waals surface area (Å²) in [6.45, 7) is 8.39. The summed E-state index contributed by atoms with van der Waals surface area (Å²) in [4.78, 5) is 13.7. The molecular formula is C19H30N2O3. The van der Waals surface area contributed by atoms with Crippen LogP contribution in [-0.2, 0) is 16.1 Å². The molecule has 1 saturated heterocycles. The zero-order valence-corrected chi connectivity index (χ0v) is 14.8. The second kappa shape index (κ2) is 11.0. The number of benzene rings is 1. The minimum absolute atomic E-state index is 0.0986. The normalized spacial score (nSPS) is 15.2. The Morgan fingerprint density at radius 2 is 1.88 bits per heavy atom. The molecule has 134 valence electrons. The van der Waals surface area contributed by atoms with E-state index in [0.29, 0.717) is 19.6 Å². The highest BCUT2D eigenvalue weighted by molar-refractivity contribution is 5.69. The number of hydrogen-bond donors (Lipinski definition) is 1. The van der Waals surface area contributed by atoms with E-state index in [0.717, 1.165) is 57.7 Å². The molecule has 2 rings (SSSR count). The summed E-state index contributed by atoms with van der Waals surface area (Å²) in [7, 11) is 0. The van der Waals surface area contributed by atoms with Crippen LogP contribution in [0.15, 0.2) is 24.3 Å². The van der Waals surface area contributed by atoms with Gasteiger partial charge in [0.2, 0.25) is 0 Å². The fourth-order valence-electron chi connectivity index (χ4n) is 2.79. The van der Waals surface area contributed by atoms with Crippen LogP contribution in [0.1, 0.15) is 38.2 Å². The monoisotopic (exact) mass is 334 g/mol. The molecule has 1 heterocycles. The Hall–Kier alpha value is -1.59. The Morgan fingerprint density at radius 3 is 2.58 bits per heavy atom. The molecule has 5 heteroatoms. The van der Waals surface area contributed by atoms with Crippen LogP contribution < -0.4 is 10.1 Å². The van der Waals surface area contributed by atoms with Gasteiger partial charge in [0.05, 0.1) is 13.2 Å². The van der Waals surface area contributed by atoms with Crippen molar-refractivity contribution >= 4 is 5.97 Å². The average molecular weight is 334 g/mol. The Labute approximate surface area is 145 Å². The summed E-state index contributed by atoms with van der Waals surface area (Å²) in [5.74, 6) is 0.822. The number of carbonyl (C=O) groups is 1. The van der Waals surface area contributed by atoms with E-state index in [2.05, 4.69) is 34.5 Å². The van der Waals surface area contributed by atoms with E-state index >= 15 is 0 Å². The first-order valence-corrected chi connectivity index (χ1v) is 9.08. The molecule has 0 atom stereocenters. The van der Waals surface area contributed by atoms with Gasteiger partial charge in [-0.2, -0.15) is 0 Å². The molecule has 0 saturated carbocycles. The van der Waals surface area contributed by atoms with Crippen molar-refractivity contribution in [1.29, 1.82) is 0 Å². The lowest BCUT2D eigenvalue weighted by Gasteiger charge is -2.27. The van der Waals surface area contributed by atoms with E-state index in [4.69, 9.17) is 9.47 Å². The predicted octanol–water partition coefficient (Wildman–Crippen LogP) is 2.59. The lowest BCUT2D eigenvalue weighted by Crippen LogP contribution is -2.42. The number of piperazine rings is 1. The van der Waals surface area contributed by atoms with E-state index in [1.165, 1.54) is 5.56 Å². The molecule has 0 aromatic heterocycles. The second-order valence-corrected chi connectivity index (χ2v) is 6.13. The molecule has 1 aliphatic rings. The third-order valence-electron chi connectivity index (χ3n) is 4.14. The number of esters is 1. The Balaban J connectivity index is 1.57. The van der Waals surface area contributed by atoms with E-state index in [-0.39, 0.29) is 5.97 Å². The van der Waals surface area contributed by atoms with Crippen LogP contribution in [0.4, 0.5) is 0 Å². The molecule has 0 unspecified atom stereocenters. The van der Waals surface area contributed by atoms with Gasteiger partial charge in [-0.15, -0.1) is 0 Å². The number of nitrogens with zero attached hydrogens (tertiary/aromatic N) is 1. The Morgan fingerprint density at radius 1 is 1.12 bits per heavy atom. The van der Waals surface area contributed by atoms with Crippen LogP contribution in [0.2, 0.25) is 0 Å². The van der Waals surface area contributed by atoms with E-state index in [1.54, 1.807) is 0 Å². The molecule has 0 aliphatic carbocycles. The topological polar surface area (TPSA) is 50.8 Å². The van der Waals surface area contributed by atoms with Crippen molar-refractivity contribution in [2.24, 2.45) is 0 Å². The summed E-state index contributed by atoms with van der Waals surface area (Å²) >= 11 is 0. The molecule has 24 heavy (non-hydrogen) atoms. The Bertz CT molecular complexity index is 470. The third kappa shape index (κ3) is 7.32. The summed E-state index contributed by atoms with van der Waals surface area (Å²) in [6, 6.07) is 8.41. The van der Waals surface area contributed by atoms with Crippen molar-refractivity contribution < 1.29 is 14.3 Å². The van der Waals surface area contributed by atoms with Gasteiger partial charge in [0.25, 0.3) is 0 Å². The molecular weight excluding hydrogens is 304 g/mol. The second-order valence-electron chi connectivity index (χ2n) is 6.13.